The van der Waals surface area contributed by atoms with Gasteiger partial charge in [-0.3, -0.25) is 0 Å². The molecule has 0 bridgehead atoms. The van der Waals surface area contributed by atoms with Crippen LogP contribution < -0.4 is 5.32 Å². The van der Waals surface area contributed by atoms with Crippen molar-refractivity contribution >= 4 is 21.4 Å². The first-order chi connectivity index (χ1) is 8.41. The van der Waals surface area contributed by atoms with Crippen molar-refractivity contribution in [3.05, 3.63) is 16.3 Å². The van der Waals surface area contributed by atoms with Gasteiger partial charge in [0.25, 0.3) is 0 Å². The predicted molar refractivity (Wildman–Crippen MR) is 74.3 cm³/mol. The third-order valence-electron chi connectivity index (χ3n) is 3.05. The van der Waals surface area contributed by atoms with E-state index >= 15 is 0 Å². The quantitative estimate of drug-likeness (QED) is 0.871. The van der Waals surface area contributed by atoms with Crippen molar-refractivity contribution in [2.24, 2.45) is 0 Å². The molecule has 0 spiro atoms. The van der Waals surface area contributed by atoms with Crippen LogP contribution in [-0.4, -0.2) is 31.9 Å². The Morgan fingerprint density at radius 3 is 2.72 bits per heavy atom. The highest BCUT2D eigenvalue weighted by atomic mass is 32.2. The molecule has 1 N–H and O–H groups in total. The minimum Gasteiger partial charge on any atom is -0.310 e. The number of hydrogen-bond donors (Lipinski definition) is 1. The van der Waals surface area contributed by atoms with E-state index in [4.69, 9.17) is 0 Å². The predicted octanol–water partition coefficient (Wildman–Crippen LogP) is 2.03. The Kier molecular flexibility index (Phi) is 4.11. The molecule has 1 saturated carbocycles. The molecule has 0 saturated heterocycles. The molecule has 1 aliphatic rings. The molecule has 0 aromatic carbocycles. The molecule has 102 valence electrons. The molecule has 0 atom stereocenters. The summed E-state index contributed by atoms with van der Waals surface area (Å²) in [6.45, 7) is 4.88. The van der Waals surface area contributed by atoms with E-state index in [1.807, 2.05) is 0 Å². The van der Waals surface area contributed by atoms with Crippen LogP contribution in [0.3, 0.4) is 0 Å². The molecule has 0 radical (unpaired) electrons. The van der Waals surface area contributed by atoms with Crippen LogP contribution in [0.1, 0.15) is 31.6 Å². The number of hydrogen-bond acceptors (Lipinski definition) is 4. The summed E-state index contributed by atoms with van der Waals surface area (Å²) in [5.41, 5.74) is 0. The van der Waals surface area contributed by atoms with Gasteiger partial charge in [0.05, 0.1) is 4.90 Å². The second-order valence-electron chi connectivity index (χ2n) is 5.04. The Bertz CT molecular complexity index is 504. The lowest BCUT2D eigenvalue weighted by Gasteiger charge is -2.14. The van der Waals surface area contributed by atoms with E-state index in [1.165, 1.54) is 15.6 Å². The molecule has 6 heteroatoms. The topological polar surface area (TPSA) is 49.4 Å². The minimum atomic E-state index is -3.28. The van der Waals surface area contributed by atoms with Gasteiger partial charge >= 0.3 is 0 Å². The fourth-order valence-corrected chi connectivity index (χ4v) is 4.32. The molecular formula is C12H20N2O2S2. The van der Waals surface area contributed by atoms with Gasteiger partial charge in [-0.05, 0) is 18.9 Å². The van der Waals surface area contributed by atoms with E-state index in [9.17, 15) is 8.42 Å². The van der Waals surface area contributed by atoms with Crippen molar-refractivity contribution in [2.45, 2.75) is 50.2 Å². The van der Waals surface area contributed by atoms with E-state index < -0.39 is 10.0 Å². The van der Waals surface area contributed by atoms with E-state index in [0.717, 1.165) is 24.3 Å². The van der Waals surface area contributed by atoms with Gasteiger partial charge in [-0.25, -0.2) is 8.42 Å². The average Bonchev–Trinajstić information content (AvgIpc) is 3.03. The molecule has 1 aromatic rings. The summed E-state index contributed by atoms with van der Waals surface area (Å²) in [7, 11) is -1.60. The highest BCUT2D eigenvalue weighted by molar-refractivity contribution is 7.89. The molecule has 0 aliphatic heterocycles. The Balaban J connectivity index is 2.08. The SMILES string of the molecule is CC(C)NCc1cc(S(=O)(=O)N(C)C2CC2)cs1. The highest BCUT2D eigenvalue weighted by Gasteiger charge is 2.35. The summed E-state index contributed by atoms with van der Waals surface area (Å²) in [5, 5.41) is 5.03. The molecular weight excluding hydrogens is 268 g/mol. The third-order valence-corrected chi connectivity index (χ3v) is 6.03. The van der Waals surface area contributed by atoms with Crippen molar-refractivity contribution in [1.29, 1.82) is 0 Å². The Morgan fingerprint density at radius 2 is 2.17 bits per heavy atom. The zero-order chi connectivity index (χ0) is 13.3. The van der Waals surface area contributed by atoms with Gasteiger partial charge in [-0.15, -0.1) is 11.3 Å². The summed E-state index contributed by atoms with van der Waals surface area (Å²) >= 11 is 1.50. The van der Waals surface area contributed by atoms with Crippen LogP contribution in [0.5, 0.6) is 0 Å². The van der Waals surface area contributed by atoms with Crippen molar-refractivity contribution in [3.63, 3.8) is 0 Å². The van der Waals surface area contributed by atoms with E-state index in [1.54, 1.807) is 18.5 Å². The van der Waals surface area contributed by atoms with E-state index in [2.05, 4.69) is 19.2 Å². The first-order valence-electron chi connectivity index (χ1n) is 6.20. The summed E-state index contributed by atoms with van der Waals surface area (Å²) < 4.78 is 26.1. The number of nitrogens with one attached hydrogen (secondary N) is 1. The van der Waals surface area contributed by atoms with Crippen LogP contribution in [0.2, 0.25) is 0 Å². The van der Waals surface area contributed by atoms with Crippen LogP contribution in [0.15, 0.2) is 16.3 Å². The highest BCUT2D eigenvalue weighted by Crippen LogP contribution is 2.31. The van der Waals surface area contributed by atoms with Crippen LogP contribution in [0.25, 0.3) is 0 Å². The fourth-order valence-electron chi connectivity index (χ4n) is 1.69. The maximum Gasteiger partial charge on any atom is 0.243 e. The number of thiophene rings is 1. The van der Waals surface area contributed by atoms with Gasteiger partial charge < -0.3 is 5.32 Å². The second-order valence-corrected chi connectivity index (χ2v) is 8.03. The lowest BCUT2D eigenvalue weighted by Crippen LogP contribution is -2.28. The van der Waals surface area contributed by atoms with Crippen molar-refractivity contribution < 1.29 is 8.42 Å². The Hall–Kier alpha value is -0.430. The van der Waals surface area contributed by atoms with Gasteiger partial charge in [0.2, 0.25) is 10.0 Å². The smallest absolute Gasteiger partial charge is 0.243 e. The van der Waals surface area contributed by atoms with Gasteiger partial charge in [0.15, 0.2) is 0 Å². The number of sulfonamides is 1. The largest absolute Gasteiger partial charge is 0.310 e. The van der Waals surface area contributed by atoms with Gasteiger partial charge in [-0.1, -0.05) is 13.8 Å². The van der Waals surface area contributed by atoms with Crippen LogP contribution >= 0.6 is 11.3 Å². The molecule has 1 fully saturated rings. The molecule has 4 nitrogen and oxygen atoms in total. The normalized spacial score (nSPS) is 16.7. The first kappa shape index (κ1) is 14.0. The van der Waals surface area contributed by atoms with Crippen LogP contribution in [0, 0.1) is 0 Å². The lowest BCUT2D eigenvalue weighted by molar-refractivity contribution is 0.464. The summed E-state index contributed by atoms with van der Waals surface area (Å²) in [4.78, 5) is 1.49. The summed E-state index contributed by atoms with van der Waals surface area (Å²) in [5.74, 6) is 0. The maximum absolute atomic E-state index is 12.3. The van der Waals surface area contributed by atoms with Crippen molar-refractivity contribution in [3.8, 4) is 0 Å². The average molecular weight is 288 g/mol. The Labute approximate surface area is 113 Å². The lowest BCUT2D eigenvalue weighted by atomic mass is 10.4. The second kappa shape index (κ2) is 5.28. The molecule has 1 aromatic heterocycles. The zero-order valence-electron chi connectivity index (χ0n) is 11.0. The first-order valence-corrected chi connectivity index (χ1v) is 8.52. The van der Waals surface area contributed by atoms with Crippen molar-refractivity contribution in [1.82, 2.24) is 9.62 Å². The standard InChI is InChI=1S/C12H20N2O2S2/c1-9(2)13-7-11-6-12(8-17-11)18(15,16)14(3)10-4-5-10/h6,8-10,13H,4-5,7H2,1-3H3. The molecule has 1 heterocycles. The fraction of sp³-hybridized carbons (Fsp3) is 0.667. The molecule has 0 amide bonds. The van der Waals surface area contributed by atoms with Crippen LogP contribution in [0.4, 0.5) is 0 Å². The molecule has 0 unspecified atom stereocenters. The third kappa shape index (κ3) is 3.12. The monoisotopic (exact) mass is 288 g/mol. The number of rotatable bonds is 6. The van der Waals surface area contributed by atoms with Crippen molar-refractivity contribution in [2.75, 3.05) is 7.05 Å². The summed E-state index contributed by atoms with van der Waals surface area (Å²) in [6, 6.07) is 2.40. The summed E-state index contributed by atoms with van der Waals surface area (Å²) in [6.07, 6.45) is 1.98. The van der Waals surface area contributed by atoms with Crippen LogP contribution in [-0.2, 0) is 16.6 Å². The Morgan fingerprint density at radius 1 is 1.50 bits per heavy atom. The molecule has 18 heavy (non-hydrogen) atoms. The molecule has 1 aliphatic carbocycles. The van der Waals surface area contributed by atoms with Gasteiger partial charge in [0, 0.05) is 35.9 Å². The maximum atomic E-state index is 12.3. The zero-order valence-corrected chi connectivity index (χ0v) is 12.6. The van der Waals surface area contributed by atoms with Gasteiger partial charge in [0.1, 0.15) is 0 Å². The van der Waals surface area contributed by atoms with Gasteiger partial charge in [-0.2, -0.15) is 4.31 Å². The number of nitrogens with zero attached hydrogens (tertiary/aromatic N) is 1. The molecule has 2 rings (SSSR count). The minimum absolute atomic E-state index is 0.215. The van der Waals surface area contributed by atoms with E-state index in [-0.39, 0.29) is 6.04 Å². The van der Waals surface area contributed by atoms with E-state index in [0.29, 0.717) is 10.9 Å².